The van der Waals surface area contributed by atoms with Gasteiger partial charge >= 0.3 is 6.03 Å². The van der Waals surface area contributed by atoms with Crippen LogP contribution in [0.1, 0.15) is 32.1 Å². The van der Waals surface area contributed by atoms with Gasteiger partial charge in [0, 0.05) is 30.6 Å². The van der Waals surface area contributed by atoms with E-state index in [0.29, 0.717) is 36.9 Å². The lowest BCUT2D eigenvalue weighted by Gasteiger charge is -2.27. The van der Waals surface area contributed by atoms with Crippen LogP contribution in [0.4, 0.5) is 10.5 Å². The van der Waals surface area contributed by atoms with Crippen molar-refractivity contribution in [1.29, 1.82) is 0 Å². The smallest absolute Gasteiger partial charge is 0.319 e. The zero-order valence-electron chi connectivity index (χ0n) is 13.2. The average molecular weight is 320 g/mol. The van der Waals surface area contributed by atoms with Gasteiger partial charge in [-0.15, -0.1) is 0 Å². The van der Waals surface area contributed by atoms with E-state index in [2.05, 4.69) is 10.6 Å². The van der Waals surface area contributed by atoms with Crippen LogP contribution in [0.25, 0.3) is 0 Å². The number of amides is 2. The molecule has 0 aromatic heterocycles. The highest BCUT2D eigenvalue weighted by Crippen LogP contribution is 2.32. The van der Waals surface area contributed by atoms with E-state index in [1.807, 2.05) is 0 Å². The number of anilines is 1. The van der Waals surface area contributed by atoms with E-state index in [1.165, 1.54) is 0 Å². The molecule has 0 unspecified atom stereocenters. The minimum atomic E-state index is -0.304. The van der Waals surface area contributed by atoms with Crippen LogP contribution in [0.5, 0.6) is 11.5 Å². The second-order valence-corrected chi connectivity index (χ2v) is 6.16. The van der Waals surface area contributed by atoms with E-state index in [1.54, 1.807) is 18.2 Å². The van der Waals surface area contributed by atoms with Gasteiger partial charge in [-0.25, -0.2) is 4.79 Å². The predicted molar refractivity (Wildman–Crippen MR) is 87.0 cm³/mol. The molecule has 1 saturated carbocycles. The molecule has 2 atom stereocenters. The molecule has 6 heteroatoms. The van der Waals surface area contributed by atoms with E-state index < -0.39 is 0 Å². The Kier molecular flexibility index (Phi) is 5.23. The Morgan fingerprint density at radius 2 is 1.91 bits per heavy atom. The highest BCUT2D eigenvalue weighted by Gasteiger charge is 2.23. The fourth-order valence-corrected chi connectivity index (χ4v) is 3.07. The summed E-state index contributed by atoms with van der Waals surface area (Å²) in [5.74, 6) is 1.51. The number of carbonyl (C=O) groups is 1. The first-order valence-electron chi connectivity index (χ1n) is 8.35. The number of carbonyl (C=O) groups excluding carboxylic acids is 1. The van der Waals surface area contributed by atoms with Crippen molar-refractivity contribution in [2.45, 2.75) is 38.2 Å². The van der Waals surface area contributed by atoms with E-state index >= 15 is 0 Å². The number of aliphatic hydroxyl groups excluding tert-OH is 1. The number of ether oxygens (including phenoxy) is 2. The molecule has 126 valence electrons. The first kappa shape index (κ1) is 15.9. The van der Waals surface area contributed by atoms with Gasteiger partial charge in [-0.1, -0.05) is 12.8 Å². The molecule has 1 heterocycles. The van der Waals surface area contributed by atoms with Gasteiger partial charge in [0.25, 0.3) is 0 Å². The van der Waals surface area contributed by atoms with Gasteiger partial charge in [0.1, 0.15) is 0 Å². The maximum absolute atomic E-state index is 12.0. The third-order valence-corrected chi connectivity index (χ3v) is 4.40. The van der Waals surface area contributed by atoms with Crippen LogP contribution in [-0.2, 0) is 0 Å². The average Bonchev–Trinajstić information content (AvgIpc) is 2.79. The lowest BCUT2D eigenvalue weighted by atomic mass is 9.86. The standard InChI is InChI=1S/C17H24N2O4/c20-14-5-2-1-4-12(14)11-18-17(21)19-13-6-7-15-16(10-13)23-9-3-8-22-15/h6-7,10,12,14,20H,1-5,8-9,11H2,(H2,18,19,21)/t12-,14-/m0/s1. The van der Waals surface area contributed by atoms with Crippen LogP contribution in [-0.4, -0.2) is 37.0 Å². The summed E-state index contributed by atoms with van der Waals surface area (Å²) in [5, 5.41) is 15.6. The van der Waals surface area contributed by atoms with Crippen LogP contribution in [0.3, 0.4) is 0 Å². The molecule has 1 fully saturated rings. The molecule has 2 aliphatic rings. The Morgan fingerprint density at radius 3 is 2.74 bits per heavy atom. The summed E-state index contributed by atoms with van der Waals surface area (Å²) in [5.41, 5.74) is 0.663. The summed E-state index contributed by atoms with van der Waals surface area (Å²) in [6.45, 7) is 1.75. The molecular formula is C17H24N2O4. The van der Waals surface area contributed by atoms with Crippen LogP contribution in [0.15, 0.2) is 18.2 Å². The third-order valence-electron chi connectivity index (χ3n) is 4.40. The van der Waals surface area contributed by atoms with E-state index in [0.717, 1.165) is 32.1 Å². The quantitative estimate of drug-likeness (QED) is 0.799. The number of fused-ring (bicyclic) bond motifs is 1. The van der Waals surface area contributed by atoms with E-state index in [-0.39, 0.29) is 18.1 Å². The van der Waals surface area contributed by atoms with Crippen LogP contribution in [0.2, 0.25) is 0 Å². The van der Waals surface area contributed by atoms with Gasteiger partial charge in [0.15, 0.2) is 11.5 Å². The minimum Gasteiger partial charge on any atom is -0.490 e. The first-order valence-corrected chi connectivity index (χ1v) is 8.35. The van der Waals surface area contributed by atoms with E-state index in [4.69, 9.17) is 9.47 Å². The zero-order chi connectivity index (χ0) is 16.1. The largest absolute Gasteiger partial charge is 0.490 e. The lowest BCUT2D eigenvalue weighted by molar-refractivity contribution is 0.0712. The zero-order valence-corrected chi connectivity index (χ0v) is 13.2. The molecule has 1 aliphatic carbocycles. The van der Waals surface area contributed by atoms with Crippen molar-refractivity contribution in [3.8, 4) is 11.5 Å². The van der Waals surface area contributed by atoms with E-state index in [9.17, 15) is 9.90 Å². The van der Waals surface area contributed by atoms with Crippen molar-refractivity contribution in [2.24, 2.45) is 5.92 Å². The monoisotopic (exact) mass is 320 g/mol. The molecule has 0 saturated heterocycles. The van der Waals surface area contributed by atoms with Gasteiger partial charge in [0.2, 0.25) is 0 Å². The van der Waals surface area contributed by atoms with Crippen LogP contribution in [0, 0.1) is 5.92 Å². The third kappa shape index (κ3) is 4.28. The summed E-state index contributed by atoms with van der Waals surface area (Å²) < 4.78 is 11.2. The van der Waals surface area contributed by atoms with Crippen LogP contribution >= 0.6 is 0 Å². The molecule has 0 radical (unpaired) electrons. The molecule has 1 aliphatic heterocycles. The normalized spacial score (nSPS) is 23.7. The summed E-state index contributed by atoms with van der Waals surface area (Å²) in [6.07, 6.45) is 4.53. The SMILES string of the molecule is O=C(NC[C@@H]1CCCC[C@@H]1O)Nc1ccc2c(c1)OCCCO2. The summed E-state index contributed by atoms with van der Waals surface area (Å²) >= 11 is 0. The summed E-state index contributed by atoms with van der Waals surface area (Å²) in [6, 6.07) is 5.11. The Labute approximate surface area is 136 Å². The van der Waals surface area contributed by atoms with Crippen molar-refractivity contribution in [3.63, 3.8) is 0 Å². The molecule has 6 nitrogen and oxygen atoms in total. The molecule has 0 bridgehead atoms. The Balaban J connectivity index is 1.52. The molecule has 1 aromatic carbocycles. The van der Waals surface area contributed by atoms with Gasteiger partial charge in [0.05, 0.1) is 19.3 Å². The predicted octanol–water partition coefficient (Wildman–Crippen LogP) is 2.52. The highest BCUT2D eigenvalue weighted by atomic mass is 16.5. The number of nitrogens with one attached hydrogen (secondary N) is 2. The van der Waals surface area contributed by atoms with Crippen molar-refractivity contribution < 1.29 is 19.4 Å². The lowest BCUT2D eigenvalue weighted by Crippen LogP contribution is -2.38. The number of benzene rings is 1. The molecule has 0 spiro atoms. The topological polar surface area (TPSA) is 79.8 Å². The number of hydrogen-bond donors (Lipinski definition) is 3. The van der Waals surface area contributed by atoms with Gasteiger partial charge in [-0.05, 0) is 25.0 Å². The molecule has 3 N–H and O–H groups in total. The Bertz CT molecular complexity index is 549. The maximum atomic E-state index is 12.0. The second-order valence-electron chi connectivity index (χ2n) is 6.16. The summed E-state index contributed by atoms with van der Waals surface area (Å²) in [7, 11) is 0. The summed E-state index contributed by atoms with van der Waals surface area (Å²) in [4.78, 5) is 12.0. The minimum absolute atomic E-state index is 0.151. The van der Waals surface area contributed by atoms with Gasteiger partial charge in [-0.3, -0.25) is 0 Å². The second kappa shape index (κ2) is 7.55. The molecule has 23 heavy (non-hydrogen) atoms. The van der Waals surface area contributed by atoms with Crippen molar-refractivity contribution in [3.05, 3.63) is 18.2 Å². The number of urea groups is 1. The van der Waals surface area contributed by atoms with Gasteiger partial charge < -0.3 is 25.2 Å². The fraction of sp³-hybridized carbons (Fsp3) is 0.588. The Morgan fingerprint density at radius 1 is 1.13 bits per heavy atom. The van der Waals surface area contributed by atoms with Gasteiger partial charge in [-0.2, -0.15) is 0 Å². The molecule has 2 amide bonds. The van der Waals surface area contributed by atoms with Crippen molar-refractivity contribution in [2.75, 3.05) is 25.1 Å². The maximum Gasteiger partial charge on any atom is 0.319 e. The number of rotatable bonds is 3. The number of aliphatic hydroxyl groups is 1. The van der Waals surface area contributed by atoms with Crippen LogP contribution < -0.4 is 20.1 Å². The van der Waals surface area contributed by atoms with Crippen molar-refractivity contribution in [1.82, 2.24) is 5.32 Å². The number of hydrogen-bond acceptors (Lipinski definition) is 4. The molecule has 3 rings (SSSR count). The highest BCUT2D eigenvalue weighted by molar-refractivity contribution is 5.89. The first-order chi connectivity index (χ1) is 11.2. The molecular weight excluding hydrogens is 296 g/mol. The van der Waals surface area contributed by atoms with Crippen molar-refractivity contribution >= 4 is 11.7 Å². The fourth-order valence-electron chi connectivity index (χ4n) is 3.07. The molecule has 1 aromatic rings. The Hall–Kier alpha value is -1.95.